The largest absolute Gasteiger partial charge is 0.508 e. The van der Waals surface area contributed by atoms with Crippen molar-refractivity contribution in [2.24, 2.45) is 0 Å². The third-order valence-corrected chi connectivity index (χ3v) is 4.39. The fourth-order valence-corrected chi connectivity index (χ4v) is 3.05. The van der Waals surface area contributed by atoms with Crippen molar-refractivity contribution in [3.63, 3.8) is 0 Å². The number of hydrogen-bond donors (Lipinski definition) is 1. The molecule has 0 amide bonds. The van der Waals surface area contributed by atoms with Gasteiger partial charge in [-0.3, -0.25) is 0 Å². The Kier molecular flexibility index (Phi) is 4.28. The Bertz CT molecular complexity index is 724. The van der Waals surface area contributed by atoms with Crippen molar-refractivity contribution in [1.29, 1.82) is 0 Å². The monoisotopic (exact) mass is 309 g/mol. The Morgan fingerprint density at radius 1 is 1.22 bits per heavy atom. The summed E-state index contributed by atoms with van der Waals surface area (Å²) in [6.45, 7) is 9.69. The van der Waals surface area contributed by atoms with Crippen LogP contribution in [0.3, 0.4) is 0 Å². The molecule has 1 unspecified atom stereocenters. The molecule has 0 radical (unpaired) electrons. The second-order valence-corrected chi connectivity index (χ2v) is 6.21. The maximum atomic E-state index is 9.73. The van der Waals surface area contributed by atoms with E-state index in [4.69, 9.17) is 4.74 Å². The highest BCUT2D eigenvalue weighted by molar-refractivity contribution is 5.62. The molecule has 1 aliphatic rings. The van der Waals surface area contributed by atoms with Crippen LogP contribution < -0.4 is 9.64 Å². The fraction of sp³-hybridized carbons (Fsp3) is 0.300. The summed E-state index contributed by atoms with van der Waals surface area (Å²) in [6.07, 6.45) is 2.81. The molecular weight excluding hydrogens is 286 g/mol. The van der Waals surface area contributed by atoms with Crippen molar-refractivity contribution >= 4 is 5.69 Å². The van der Waals surface area contributed by atoms with E-state index in [1.54, 1.807) is 12.1 Å². The third-order valence-electron chi connectivity index (χ3n) is 4.39. The summed E-state index contributed by atoms with van der Waals surface area (Å²) < 4.78 is 6.13. The molecule has 0 fully saturated rings. The SMILES string of the molecule is C=CCN1CC(Cc2ccc(C)c(C)c2)Oc2cc(O)ccc21. The highest BCUT2D eigenvalue weighted by Crippen LogP contribution is 2.36. The lowest BCUT2D eigenvalue weighted by molar-refractivity contribution is 0.194. The van der Waals surface area contributed by atoms with E-state index in [2.05, 4.69) is 43.5 Å². The summed E-state index contributed by atoms with van der Waals surface area (Å²) in [6, 6.07) is 11.9. The predicted octanol–water partition coefficient (Wildman–Crippen LogP) is 4.01. The lowest BCUT2D eigenvalue weighted by Crippen LogP contribution is -2.41. The molecule has 0 aromatic heterocycles. The van der Waals surface area contributed by atoms with Gasteiger partial charge in [0.25, 0.3) is 0 Å². The molecule has 0 spiro atoms. The smallest absolute Gasteiger partial charge is 0.146 e. The van der Waals surface area contributed by atoms with Gasteiger partial charge in [-0.15, -0.1) is 6.58 Å². The van der Waals surface area contributed by atoms with E-state index in [1.165, 1.54) is 16.7 Å². The van der Waals surface area contributed by atoms with Gasteiger partial charge in [-0.25, -0.2) is 0 Å². The highest BCUT2D eigenvalue weighted by Gasteiger charge is 2.25. The van der Waals surface area contributed by atoms with Crippen molar-refractivity contribution in [1.82, 2.24) is 0 Å². The lowest BCUT2D eigenvalue weighted by Gasteiger charge is -2.36. The van der Waals surface area contributed by atoms with Gasteiger partial charge in [-0.05, 0) is 42.7 Å². The normalized spacial score (nSPS) is 16.6. The molecule has 2 aromatic rings. The molecule has 2 aromatic carbocycles. The second-order valence-electron chi connectivity index (χ2n) is 6.21. The Balaban J connectivity index is 1.84. The Hall–Kier alpha value is -2.42. The number of aryl methyl sites for hydroxylation is 2. The van der Waals surface area contributed by atoms with E-state index in [0.29, 0.717) is 0 Å². The number of nitrogens with zero attached hydrogens (tertiary/aromatic N) is 1. The molecule has 120 valence electrons. The summed E-state index contributed by atoms with van der Waals surface area (Å²) in [5, 5.41) is 9.73. The number of fused-ring (bicyclic) bond motifs is 1. The Morgan fingerprint density at radius 2 is 2.04 bits per heavy atom. The molecule has 3 nitrogen and oxygen atoms in total. The minimum absolute atomic E-state index is 0.0614. The number of aromatic hydroxyl groups is 1. The number of phenolic OH excluding ortho intramolecular Hbond substituents is 1. The van der Waals surface area contributed by atoms with Crippen LogP contribution >= 0.6 is 0 Å². The zero-order valence-electron chi connectivity index (χ0n) is 13.7. The van der Waals surface area contributed by atoms with Gasteiger partial charge in [-0.2, -0.15) is 0 Å². The molecule has 0 saturated heterocycles. The van der Waals surface area contributed by atoms with Crippen LogP contribution in [-0.2, 0) is 6.42 Å². The van der Waals surface area contributed by atoms with Crippen molar-refractivity contribution in [3.8, 4) is 11.5 Å². The second kappa shape index (κ2) is 6.37. The molecule has 1 heterocycles. The van der Waals surface area contributed by atoms with Gasteiger partial charge in [0.05, 0.1) is 12.2 Å². The van der Waals surface area contributed by atoms with Crippen LogP contribution in [0.5, 0.6) is 11.5 Å². The molecule has 0 aliphatic carbocycles. The van der Waals surface area contributed by atoms with Crippen LogP contribution in [0, 0.1) is 13.8 Å². The maximum absolute atomic E-state index is 9.73. The Labute approximate surface area is 137 Å². The lowest BCUT2D eigenvalue weighted by atomic mass is 10.0. The number of rotatable bonds is 4. The average molecular weight is 309 g/mol. The first-order valence-corrected chi connectivity index (χ1v) is 7.98. The topological polar surface area (TPSA) is 32.7 Å². The van der Waals surface area contributed by atoms with E-state index in [1.807, 2.05) is 12.1 Å². The molecule has 3 heteroatoms. The van der Waals surface area contributed by atoms with Crippen molar-refractivity contribution in [3.05, 3.63) is 65.7 Å². The highest BCUT2D eigenvalue weighted by atomic mass is 16.5. The van der Waals surface area contributed by atoms with Gasteiger partial charge in [0.1, 0.15) is 17.6 Å². The average Bonchev–Trinajstić information content (AvgIpc) is 2.51. The first kappa shape index (κ1) is 15.5. The molecule has 3 rings (SSSR count). The van der Waals surface area contributed by atoms with E-state index in [-0.39, 0.29) is 11.9 Å². The van der Waals surface area contributed by atoms with Crippen LogP contribution in [0.25, 0.3) is 0 Å². The van der Waals surface area contributed by atoms with Gasteiger partial charge >= 0.3 is 0 Å². The number of anilines is 1. The van der Waals surface area contributed by atoms with Crippen LogP contribution in [-0.4, -0.2) is 24.3 Å². The summed E-state index contributed by atoms with van der Waals surface area (Å²) in [7, 11) is 0. The third kappa shape index (κ3) is 3.34. The minimum Gasteiger partial charge on any atom is -0.508 e. The van der Waals surface area contributed by atoms with Crippen molar-refractivity contribution in [2.75, 3.05) is 18.0 Å². The number of hydrogen-bond acceptors (Lipinski definition) is 3. The number of phenols is 1. The first-order valence-electron chi connectivity index (χ1n) is 7.98. The van der Waals surface area contributed by atoms with Gasteiger partial charge in [0, 0.05) is 19.0 Å². The predicted molar refractivity (Wildman–Crippen MR) is 94.6 cm³/mol. The van der Waals surface area contributed by atoms with Crippen LogP contribution in [0.4, 0.5) is 5.69 Å². The summed E-state index contributed by atoms with van der Waals surface area (Å²) in [5.41, 5.74) is 4.90. The minimum atomic E-state index is 0.0614. The van der Waals surface area contributed by atoms with Gasteiger partial charge in [-0.1, -0.05) is 24.3 Å². The van der Waals surface area contributed by atoms with Crippen molar-refractivity contribution < 1.29 is 9.84 Å². The van der Waals surface area contributed by atoms with Gasteiger partial charge in [0.15, 0.2) is 0 Å². The van der Waals surface area contributed by atoms with E-state index >= 15 is 0 Å². The summed E-state index contributed by atoms with van der Waals surface area (Å²) in [5.74, 6) is 0.973. The van der Waals surface area contributed by atoms with Gasteiger partial charge in [0.2, 0.25) is 0 Å². The number of benzene rings is 2. The zero-order valence-corrected chi connectivity index (χ0v) is 13.7. The fourth-order valence-electron chi connectivity index (χ4n) is 3.05. The molecule has 1 N–H and O–H groups in total. The standard InChI is InChI=1S/C20H23NO2/c1-4-9-21-13-18(11-16-6-5-14(2)15(3)10-16)23-20-12-17(22)7-8-19(20)21/h4-8,10,12,18,22H,1,9,11,13H2,2-3H3. The number of ether oxygens (including phenoxy) is 1. The van der Waals surface area contributed by atoms with E-state index in [0.717, 1.165) is 30.9 Å². The van der Waals surface area contributed by atoms with Crippen LogP contribution in [0.1, 0.15) is 16.7 Å². The summed E-state index contributed by atoms with van der Waals surface area (Å²) >= 11 is 0. The van der Waals surface area contributed by atoms with Crippen LogP contribution in [0.15, 0.2) is 49.1 Å². The first-order chi connectivity index (χ1) is 11.1. The van der Waals surface area contributed by atoms with E-state index in [9.17, 15) is 5.11 Å². The molecule has 23 heavy (non-hydrogen) atoms. The molecule has 1 aliphatic heterocycles. The van der Waals surface area contributed by atoms with Gasteiger partial charge < -0.3 is 14.7 Å². The molecule has 0 saturated carbocycles. The van der Waals surface area contributed by atoms with Crippen molar-refractivity contribution in [2.45, 2.75) is 26.4 Å². The Morgan fingerprint density at radius 3 is 2.78 bits per heavy atom. The molecule has 0 bridgehead atoms. The molecular formula is C20H23NO2. The van der Waals surface area contributed by atoms with Crippen LogP contribution in [0.2, 0.25) is 0 Å². The molecule has 1 atom stereocenters. The van der Waals surface area contributed by atoms with E-state index < -0.39 is 0 Å². The quantitative estimate of drug-likeness (QED) is 0.866. The zero-order chi connectivity index (χ0) is 16.4. The summed E-state index contributed by atoms with van der Waals surface area (Å²) in [4.78, 5) is 2.25. The maximum Gasteiger partial charge on any atom is 0.146 e.